The third kappa shape index (κ3) is 3.55. The lowest BCUT2D eigenvalue weighted by molar-refractivity contribution is -0.384. The second-order valence-corrected chi connectivity index (χ2v) is 4.90. The van der Waals surface area contributed by atoms with Crippen LogP contribution in [0.5, 0.6) is 0 Å². The minimum absolute atomic E-state index is 0.0141. The van der Waals surface area contributed by atoms with Crippen LogP contribution in [0.3, 0.4) is 0 Å². The molecular weight excluding hydrogens is 270 g/mol. The Morgan fingerprint density at radius 1 is 1.43 bits per heavy atom. The van der Waals surface area contributed by atoms with Gasteiger partial charge in [-0.1, -0.05) is 12.1 Å². The molecule has 0 aliphatic heterocycles. The topological polar surface area (TPSA) is 79.5 Å². The zero-order valence-corrected chi connectivity index (χ0v) is 11.9. The van der Waals surface area contributed by atoms with Crippen molar-refractivity contribution in [2.45, 2.75) is 19.6 Å². The first-order valence-corrected chi connectivity index (χ1v) is 6.55. The van der Waals surface area contributed by atoms with Gasteiger partial charge in [0.2, 0.25) is 0 Å². The molecule has 110 valence electrons. The number of benzene rings is 1. The number of rotatable bonds is 5. The highest BCUT2D eigenvalue weighted by Crippen LogP contribution is 2.31. The third-order valence-electron chi connectivity index (χ3n) is 3.23. The fourth-order valence-corrected chi connectivity index (χ4v) is 2.12. The summed E-state index contributed by atoms with van der Waals surface area (Å²) in [5, 5.41) is 20.8. The molecule has 2 rings (SSSR count). The Morgan fingerprint density at radius 3 is 2.76 bits per heavy atom. The number of pyridine rings is 1. The van der Waals surface area contributed by atoms with Gasteiger partial charge in [0.05, 0.1) is 11.0 Å². The first-order chi connectivity index (χ1) is 9.99. The van der Waals surface area contributed by atoms with E-state index in [1.165, 1.54) is 6.07 Å². The van der Waals surface area contributed by atoms with Gasteiger partial charge in [-0.15, -0.1) is 0 Å². The molecule has 2 aromatic rings. The molecule has 21 heavy (non-hydrogen) atoms. The quantitative estimate of drug-likeness (QED) is 0.675. The summed E-state index contributed by atoms with van der Waals surface area (Å²) in [6, 6.07) is 8.52. The Morgan fingerprint density at radius 2 is 2.19 bits per heavy atom. The zero-order valence-electron chi connectivity index (χ0n) is 11.9. The molecule has 0 amide bonds. The van der Waals surface area contributed by atoms with Gasteiger partial charge in [0.1, 0.15) is 5.69 Å². The van der Waals surface area contributed by atoms with Crippen molar-refractivity contribution in [3.8, 4) is 0 Å². The number of nitro groups is 1. The van der Waals surface area contributed by atoms with E-state index in [1.54, 1.807) is 43.4 Å². The van der Waals surface area contributed by atoms with Crippen molar-refractivity contribution in [3.05, 3.63) is 64.0 Å². The molecule has 6 heteroatoms. The normalized spacial score (nSPS) is 12.0. The Balaban J connectivity index is 2.32. The lowest BCUT2D eigenvalue weighted by atomic mass is 10.1. The van der Waals surface area contributed by atoms with Gasteiger partial charge in [-0.25, -0.2) is 0 Å². The van der Waals surface area contributed by atoms with Crippen LogP contribution in [0.15, 0.2) is 42.7 Å². The summed E-state index contributed by atoms with van der Waals surface area (Å²) in [6.45, 7) is 2.10. The van der Waals surface area contributed by atoms with E-state index >= 15 is 0 Å². The highest BCUT2D eigenvalue weighted by Gasteiger charge is 2.19. The SMILES string of the molecule is C[C@@H](O)c1ccc(N(C)Cc2cccnc2)c([N+](=O)[O-])c1. The van der Waals surface area contributed by atoms with Crippen molar-refractivity contribution >= 4 is 11.4 Å². The average molecular weight is 287 g/mol. The van der Waals surface area contributed by atoms with Gasteiger partial charge in [-0.05, 0) is 30.2 Å². The number of hydrogen-bond acceptors (Lipinski definition) is 5. The molecule has 0 unspecified atom stereocenters. The third-order valence-corrected chi connectivity index (χ3v) is 3.23. The summed E-state index contributed by atoms with van der Waals surface area (Å²) >= 11 is 0. The molecule has 1 aromatic carbocycles. The van der Waals surface area contributed by atoms with Gasteiger partial charge in [-0.2, -0.15) is 0 Å². The molecule has 0 bridgehead atoms. The van der Waals surface area contributed by atoms with Gasteiger partial charge in [0.25, 0.3) is 5.69 Å². The van der Waals surface area contributed by atoms with Crippen molar-refractivity contribution in [1.82, 2.24) is 4.98 Å². The summed E-state index contributed by atoms with van der Waals surface area (Å²) in [5.41, 5.74) is 1.99. The molecule has 0 aliphatic carbocycles. The molecule has 6 nitrogen and oxygen atoms in total. The molecule has 0 radical (unpaired) electrons. The lowest BCUT2D eigenvalue weighted by Gasteiger charge is -2.20. The molecule has 0 saturated carbocycles. The smallest absolute Gasteiger partial charge is 0.292 e. The monoisotopic (exact) mass is 287 g/mol. The van der Waals surface area contributed by atoms with Crippen LogP contribution in [0.2, 0.25) is 0 Å². The van der Waals surface area contributed by atoms with E-state index in [0.717, 1.165) is 5.56 Å². The fourth-order valence-electron chi connectivity index (χ4n) is 2.12. The number of nitro benzene ring substituents is 1. The maximum absolute atomic E-state index is 11.2. The molecule has 1 atom stereocenters. The van der Waals surface area contributed by atoms with E-state index in [1.807, 2.05) is 12.1 Å². The molecule has 0 aliphatic rings. The van der Waals surface area contributed by atoms with E-state index in [2.05, 4.69) is 4.98 Å². The number of anilines is 1. The van der Waals surface area contributed by atoms with E-state index in [0.29, 0.717) is 17.8 Å². The van der Waals surface area contributed by atoms with E-state index in [9.17, 15) is 15.2 Å². The van der Waals surface area contributed by atoms with Gasteiger partial charge in [-0.3, -0.25) is 15.1 Å². The van der Waals surface area contributed by atoms with Crippen LogP contribution in [-0.4, -0.2) is 22.1 Å². The minimum atomic E-state index is -0.735. The second-order valence-electron chi connectivity index (χ2n) is 4.90. The van der Waals surface area contributed by atoms with Gasteiger partial charge in [0, 0.05) is 32.1 Å². The Hall–Kier alpha value is -2.47. The van der Waals surface area contributed by atoms with Crippen molar-refractivity contribution in [2.75, 3.05) is 11.9 Å². The molecule has 1 aromatic heterocycles. The van der Waals surface area contributed by atoms with Crippen LogP contribution in [0, 0.1) is 10.1 Å². The van der Waals surface area contributed by atoms with Crippen molar-refractivity contribution in [1.29, 1.82) is 0 Å². The van der Waals surface area contributed by atoms with Crippen LogP contribution >= 0.6 is 0 Å². The number of aliphatic hydroxyl groups excluding tert-OH is 1. The first-order valence-electron chi connectivity index (χ1n) is 6.55. The summed E-state index contributed by atoms with van der Waals surface area (Å²) in [4.78, 5) is 16.6. The standard InChI is InChI=1S/C15H17N3O3/c1-11(19)13-5-6-14(15(8-13)18(20)21)17(2)10-12-4-3-7-16-9-12/h3-9,11,19H,10H2,1-2H3/t11-/m1/s1. The Kier molecular flexibility index (Phi) is 4.49. The molecule has 0 fully saturated rings. The predicted octanol–water partition coefficient (Wildman–Crippen LogP) is 2.68. The van der Waals surface area contributed by atoms with Crippen LogP contribution in [0.25, 0.3) is 0 Å². The molecule has 1 N–H and O–H groups in total. The Labute approximate surface area is 122 Å². The summed E-state index contributed by atoms with van der Waals surface area (Å²) < 4.78 is 0. The predicted molar refractivity (Wildman–Crippen MR) is 80.1 cm³/mol. The fraction of sp³-hybridized carbons (Fsp3) is 0.267. The summed E-state index contributed by atoms with van der Waals surface area (Å²) in [7, 11) is 1.79. The van der Waals surface area contributed by atoms with Crippen LogP contribution < -0.4 is 4.90 Å². The number of hydrogen-bond donors (Lipinski definition) is 1. The number of nitrogens with zero attached hydrogens (tertiary/aromatic N) is 3. The van der Waals surface area contributed by atoms with Crippen LogP contribution in [0.4, 0.5) is 11.4 Å². The highest BCUT2D eigenvalue weighted by molar-refractivity contribution is 5.64. The Bertz CT molecular complexity index is 629. The van der Waals surface area contributed by atoms with Gasteiger partial charge >= 0.3 is 0 Å². The largest absolute Gasteiger partial charge is 0.389 e. The molecule has 0 spiro atoms. The zero-order chi connectivity index (χ0) is 15.4. The highest BCUT2D eigenvalue weighted by atomic mass is 16.6. The van der Waals surface area contributed by atoms with Crippen LogP contribution in [-0.2, 0) is 6.54 Å². The molecule has 1 heterocycles. The van der Waals surface area contributed by atoms with E-state index in [-0.39, 0.29) is 5.69 Å². The average Bonchev–Trinajstić information content (AvgIpc) is 2.47. The van der Waals surface area contributed by atoms with Crippen molar-refractivity contribution < 1.29 is 10.0 Å². The first kappa shape index (κ1) is 14.9. The number of aliphatic hydroxyl groups is 1. The van der Waals surface area contributed by atoms with Crippen molar-refractivity contribution in [3.63, 3.8) is 0 Å². The van der Waals surface area contributed by atoms with Crippen molar-refractivity contribution in [2.24, 2.45) is 0 Å². The van der Waals surface area contributed by atoms with Crippen LogP contribution in [0.1, 0.15) is 24.2 Å². The molecule has 0 saturated heterocycles. The van der Waals surface area contributed by atoms with Gasteiger partial charge in [0.15, 0.2) is 0 Å². The second kappa shape index (κ2) is 6.32. The van der Waals surface area contributed by atoms with E-state index in [4.69, 9.17) is 0 Å². The van der Waals surface area contributed by atoms with E-state index < -0.39 is 11.0 Å². The lowest BCUT2D eigenvalue weighted by Crippen LogP contribution is -2.18. The van der Waals surface area contributed by atoms with Gasteiger partial charge < -0.3 is 10.0 Å². The maximum atomic E-state index is 11.2. The summed E-state index contributed by atoms with van der Waals surface area (Å²) in [6.07, 6.45) is 2.68. The summed E-state index contributed by atoms with van der Waals surface area (Å²) in [5.74, 6) is 0. The maximum Gasteiger partial charge on any atom is 0.292 e. The number of aromatic nitrogens is 1. The minimum Gasteiger partial charge on any atom is -0.389 e. The molecular formula is C15H17N3O3.